The van der Waals surface area contributed by atoms with E-state index in [1.54, 1.807) is 5.56 Å². The highest BCUT2D eigenvalue weighted by atomic mass is 14.2. The van der Waals surface area contributed by atoms with E-state index in [1.807, 2.05) is 0 Å². The largest absolute Gasteiger partial charge is 0.0955 e. The van der Waals surface area contributed by atoms with Crippen LogP contribution in [0.1, 0.15) is 83.9 Å². The lowest BCUT2D eigenvalue weighted by Crippen LogP contribution is -2.06. The van der Waals surface area contributed by atoms with Crippen molar-refractivity contribution < 1.29 is 0 Å². The monoisotopic (exact) mass is 418 g/mol. The first-order chi connectivity index (χ1) is 15.6. The molecule has 32 heavy (non-hydrogen) atoms. The van der Waals surface area contributed by atoms with Crippen LogP contribution in [0.15, 0.2) is 67.3 Å². The number of benzene rings is 3. The summed E-state index contributed by atoms with van der Waals surface area (Å²) in [5.74, 6) is 0.706. The van der Waals surface area contributed by atoms with Crippen LogP contribution in [0.2, 0.25) is 0 Å². The normalized spacial score (nSPS) is 15.7. The maximum absolute atomic E-state index is 4.19. The summed E-state index contributed by atoms with van der Waals surface area (Å²) < 4.78 is 0. The molecular weight excluding hydrogens is 384 g/mol. The Morgan fingerprint density at radius 1 is 0.969 bits per heavy atom. The molecule has 0 atom stereocenters. The van der Waals surface area contributed by atoms with Crippen molar-refractivity contribution in [1.29, 1.82) is 0 Å². The molecule has 3 aromatic rings. The SMILES string of the molecule is C=C(C)c1cccc(Cc2cc(-c3cccc4c3C=CC4)cc(C3CCCCC3)c2)c1C. The van der Waals surface area contributed by atoms with Crippen LogP contribution in [0.5, 0.6) is 0 Å². The highest BCUT2D eigenvalue weighted by Gasteiger charge is 2.19. The Kier molecular flexibility index (Phi) is 5.87. The summed E-state index contributed by atoms with van der Waals surface area (Å²) in [5.41, 5.74) is 13.9. The van der Waals surface area contributed by atoms with Crippen LogP contribution >= 0.6 is 0 Å². The van der Waals surface area contributed by atoms with Gasteiger partial charge in [0.15, 0.2) is 0 Å². The molecule has 5 rings (SSSR count). The van der Waals surface area contributed by atoms with E-state index >= 15 is 0 Å². The van der Waals surface area contributed by atoms with Gasteiger partial charge in [0.25, 0.3) is 0 Å². The zero-order valence-electron chi connectivity index (χ0n) is 19.6. The van der Waals surface area contributed by atoms with Crippen molar-refractivity contribution in [1.82, 2.24) is 0 Å². The summed E-state index contributed by atoms with van der Waals surface area (Å²) in [7, 11) is 0. The van der Waals surface area contributed by atoms with E-state index in [4.69, 9.17) is 0 Å². The molecule has 0 nitrogen and oxygen atoms in total. The van der Waals surface area contributed by atoms with Crippen molar-refractivity contribution in [3.05, 3.63) is 106 Å². The zero-order valence-corrected chi connectivity index (χ0v) is 19.6. The molecule has 0 heterocycles. The van der Waals surface area contributed by atoms with Gasteiger partial charge in [-0.2, -0.15) is 0 Å². The van der Waals surface area contributed by atoms with E-state index in [0.717, 1.165) is 18.4 Å². The molecule has 0 radical (unpaired) electrons. The molecule has 0 spiro atoms. The number of fused-ring (bicyclic) bond motifs is 1. The third-order valence-electron chi connectivity index (χ3n) is 7.52. The third kappa shape index (κ3) is 4.11. The molecule has 0 saturated heterocycles. The van der Waals surface area contributed by atoms with Gasteiger partial charge in [-0.05, 0) is 95.5 Å². The molecule has 0 heteroatoms. The van der Waals surface area contributed by atoms with E-state index in [1.165, 1.54) is 76.6 Å². The Hall–Kier alpha value is -2.86. The average molecular weight is 419 g/mol. The van der Waals surface area contributed by atoms with Crippen molar-refractivity contribution >= 4 is 11.6 Å². The Balaban J connectivity index is 1.59. The molecule has 0 bridgehead atoms. The van der Waals surface area contributed by atoms with Crippen molar-refractivity contribution in [2.45, 2.75) is 64.7 Å². The fraction of sp³-hybridized carbons (Fsp3) is 0.312. The molecule has 0 aromatic heterocycles. The highest BCUT2D eigenvalue weighted by Crippen LogP contribution is 2.38. The summed E-state index contributed by atoms with van der Waals surface area (Å²) >= 11 is 0. The standard InChI is InChI=1S/C32H34/c1-22(2)30-15-9-14-27(23(30)3)18-24-19-28(25-10-5-4-6-11-25)21-29(20-24)32-17-8-13-26-12-7-16-31(26)32/h7-9,13-17,19-21,25H,1,4-6,10-12,18H2,2-3H3. The van der Waals surface area contributed by atoms with E-state index in [2.05, 4.69) is 87.2 Å². The van der Waals surface area contributed by atoms with Gasteiger partial charge in [-0.1, -0.05) is 98.2 Å². The number of rotatable bonds is 5. The average Bonchev–Trinajstić information content (AvgIpc) is 3.30. The Bertz CT molecular complexity index is 1180. The van der Waals surface area contributed by atoms with Crippen molar-refractivity contribution in [3.8, 4) is 11.1 Å². The maximum Gasteiger partial charge on any atom is -0.00226 e. The topological polar surface area (TPSA) is 0 Å². The molecule has 3 aromatic carbocycles. The van der Waals surface area contributed by atoms with Crippen LogP contribution in [-0.4, -0.2) is 0 Å². The highest BCUT2D eigenvalue weighted by molar-refractivity contribution is 5.80. The minimum atomic E-state index is 0.706. The van der Waals surface area contributed by atoms with Crippen molar-refractivity contribution in [2.75, 3.05) is 0 Å². The minimum absolute atomic E-state index is 0.706. The number of hydrogen-bond donors (Lipinski definition) is 0. The van der Waals surface area contributed by atoms with E-state index < -0.39 is 0 Å². The Morgan fingerprint density at radius 3 is 2.59 bits per heavy atom. The van der Waals surface area contributed by atoms with Crippen LogP contribution in [0, 0.1) is 6.92 Å². The van der Waals surface area contributed by atoms with Gasteiger partial charge in [0, 0.05) is 0 Å². The second-order valence-corrected chi connectivity index (χ2v) is 9.83. The van der Waals surface area contributed by atoms with Gasteiger partial charge in [0.2, 0.25) is 0 Å². The first kappa shape index (κ1) is 21.0. The predicted octanol–water partition coefficient (Wildman–Crippen LogP) is 8.90. The molecule has 0 unspecified atom stereocenters. The van der Waals surface area contributed by atoms with Crippen LogP contribution in [0.25, 0.3) is 22.8 Å². The first-order valence-electron chi connectivity index (χ1n) is 12.3. The fourth-order valence-corrected chi connectivity index (χ4v) is 5.75. The van der Waals surface area contributed by atoms with Crippen molar-refractivity contribution in [3.63, 3.8) is 0 Å². The molecule has 1 saturated carbocycles. The van der Waals surface area contributed by atoms with Crippen LogP contribution in [0.4, 0.5) is 0 Å². The van der Waals surface area contributed by atoms with Gasteiger partial charge in [-0.25, -0.2) is 0 Å². The second-order valence-electron chi connectivity index (χ2n) is 9.83. The van der Waals surface area contributed by atoms with Crippen molar-refractivity contribution in [2.24, 2.45) is 0 Å². The molecule has 162 valence electrons. The summed E-state index contributed by atoms with van der Waals surface area (Å²) in [4.78, 5) is 0. The summed E-state index contributed by atoms with van der Waals surface area (Å²) in [6.45, 7) is 8.55. The van der Waals surface area contributed by atoms with Gasteiger partial charge in [0.05, 0.1) is 0 Å². The Labute approximate surface area is 193 Å². The summed E-state index contributed by atoms with van der Waals surface area (Å²) in [5, 5.41) is 0. The van der Waals surface area contributed by atoms with Gasteiger partial charge in [-0.15, -0.1) is 0 Å². The quantitative estimate of drug-likeness (QED) is 0.388. The maximum atomic E-state index is 4.19. The zero-order chi connectivity index (χ0) is 22.1. The summed E-state index contributed by atoms with van der Waals surface area (Å²) in [6, 6.07) is 20.9. The molecule has 2 aliphatic rings. The first-order valence-corrected chi connectivity index (χ1v) is 12.3. The third-order valence-corrected chi connectivity index (χ3v) is 7.52. The lowest BCUT2D eigenvalue weighted by atomic mass is 9.81. The van der Waals surface area contributed by atoms with E-state index in [9.17, 15) is 0 Å². The van der Waals surface area contributed by atoms with Crippen LogP contribution < -0.4 is 0 Å². The molecule has 2 aliphatic carbocycles. The summed E-state index contributed by atoms with van der Waals surface area (Å²) in [6.07, 6.45) is 13.5. The molecule has 0 N–H and O–H groups in total. The smallest absolute Gasteiger partial charge is 0.00226 e. The fourth-order valence-electron chi connectivity index (χ4n) is 5.75. The molecule has 1 fully saturated rings. The van der Waals surface area contributed by atoms with Crippen LogP contribution in [0.3, 0.4) is 0 Å². The molecule has 0 amide bonds. The van der Waals surface area contributed by atoms with E-state index in [-0.39, 0.29) is 0 Å². The molecular formula is C32H34. The Morgan fingerprint density at radius 2 is 1.78 bits per heavy atom. The van der Waals surface area contributed by atoms with Crippen LogP contribution in [-0.2, 0) is 12.8 Å². The molecule has 0 aliphatic heterocycles. The van der Waals surface area contributed by atoms with E-state index in [0.29, 0.717) is 5.92 Å². The van der Waals surface area contributed by atoms with Gasteiger partial charge < -0.3 is 0 Å². The number of allylic oxidation sites excluding steroid dienone is 2. The lowest BCUT2D eigenvalue weighted by molar-refractivity contribution is 0.443. The van der Waals surface area contributed by atoms with Gasteiger partial charge in [0.1, 0.15) is 0 Å². The minimum Gasteiger partial charge on any atom is -0.0955 e. The lowest BCUT2D eigenvalue weighted by Gasteiger charge is -2.24. The van der Waals surface area contributed by atoms with Gasteiger partial charge in [-0.3, -0.25) is 0 Å². The predicted molar refractivity (Wildman–Crippen MR) is 139 cm³/mol. The van der Waals surface area contributed by atoms with Gasteiger partial charge >= 0.3 is 0 Å². The number of hydrogen-bond acceptors (Lipinski definition) is 0. The second kappa shape index (κ2) is 8.94.